The highest BCUT2D eigenvalue weighted by molar-refractivity contribution is 5.75. The molecule has 0 unspecified atom stereocenters. The van der Waals surface area contributed by atoms with E-state index in [0.717, 1.165) is 5.69 Å². The van der Waals surface area contributed by atoms with Crippen molar-refractivity contribution in [1.82, 2.24) is 10.3 Å². The van der Waals surface area contributed by atoms with E-state index in [2.05, 4.69) is 15.0 Å². The lowest BCUT2D eigenvalue weighted by molar-refractivity contribution is -0.118. The maximum absolute atomic E-state index is 9.70. The number of aryl methyl sites for hydroxylation is 1. The summed E-state index contributed by atoms with van der Waals surface area (Å²) in [7, 11) is 4.85. The number of hydrogen-bond acceptors (Lipinski definition) is 3. The van der Waals surface area contributed by atoms with Gasteiger partial charge in [-0.1, -0.05) is 56.3 Å². The molecule has 0 bridgehead atoms. The monoisotopic (exact) mass is 331 g/mol. The number of pyridine rings is 1. The number of nitrogens with one attached hydrogen (secondary N) is 1. The van der Waals surface area contributed by atoms with Crippen LogP contribution in [-0.2, 0) is 9.53 Å². The zero-order valence-electron chi connectivity index (χ0n) is 16.1. The van der Waals surface area contributed by atoms with Crippen molar-refractivity contribution in [2.75, 3.05) is 21.3 Å². The number of benzene rings is 1. The average molecular weight is 331 g/mol. The second-order valence-corrected chi connectivity index (χ2v) is 3.84. The zero-order valence-corrected chi connectivity index (χ0v) is 16.1. The van der Waals surface area contributed by atoms with Gasteiger partial charge in [0.1, 0.15) is 0 Å². The van der Waals surface area contributed by atoms with E-state index in [4.69, 9.17) is 0 Å². The first-order valence-electron chi connectivity index (χ1n) is 7.54. The first-order chi connectivity index (χ1) is 11.1. The molecular weight excluding hydrogens is 299 g/mol. The van der Waals surface area contributed by atoms with Crippen LogP contribution in [0.5, 0.6) is 0 Å². The molecule has 1 amide bonds. The zero-order chi connectivity index (χ0) is 18.3. The van der Waals surface area contributed by atoms with E-state index in [-0.39, 0.29) is 14.3 Å². The summed E-state index contributed by atoms with van der Waals surface area (Å²) in [6.45, 7) is 7.44. The fraction of sp³-hybridized carbons (Fsp3) is 0.368. The Labute approximate surface area is 150 Å². The molecule has 0 spiro atoms. The van der Waals surface area contributed by atoms with Crippen molar-refractivity contribution in [2.45, 2.75) is 27.7 Å². The second-order valence-electron chi connectivity index (χ2n) is 3.84. The molecule has 1 N–H and O–H groups in total. The van der Waals surface area contributed by atoms with Crippen LogP contribution in [0.1, 0.15) is 26.5 Å². The Bertz CT molecular complexity index is 399. The lowest BCUT2D eigenvalue weighted by Gasteiger charge is -1.82. The van der Waals surface area contributed by atoms with E-state index >= 15 is 0 Å². The van der Waals surface area contributed by atoms with Crippen molar-refractivity contribution in [3.63, 3.8) is 0 Å². The third-order valence-electron chi connectivity index (χ3n) is 1.83. The van der Waals surface area contributed by atoms with Gasteiger partial charge in [0.15, 0.2) is 0 Å². The van der Waals surface area contributed by atoms with Gasteiger partial charge in [0.25, 0.3) is 0 Å². The van der Waals surface area contributed by atoms with Gasteiger partial charge in [-0.3, -0.25) is 9.78 Å². The van der Waals surface area contributed by atoms with Crippen LogP contribution < -0.4 is 5.32 Å². The number of nitrogens with zero attached hydrogens (tertiary/aromatic N) is 1. The molecule has 5 heteroatoms. The van der Waals surface area contributed by atoms with Gasteiger partial charge in [0.2, 0.25) is 5.91 Å². The van der Waals surface area contributed by atoms with E-state index in [1.54, 1.807) is 27.5 Å². The molecule has 0 fully saturated rings. The third-order valence-corrected chi connectivity index (χ3v) is 1.83. The molecule has 3 radical (unpaired) electrons. The van der Waals surface area contributed by atoms with Crippen molar-refractivity contribution < 1.29 is 9.53 Å². The Hall–Kier alpha value is -2.14. The van der Waals surface area contributed by atoms with Crippen molar-refractivity contribution in [3.8, 4) is 0 Å². The number of methoxy groups -OCH3 is 1. The van der Waals surface area contributed by atoms with E-state index in [9.17, 15) is 4.79 Å². The normalized spacial score (nSPS) is 6.96. The molecule has 1 aromatic heterocycles. The van der Waals surface area contributed by atoms with Gasteiger partial charge < -0.3 is 10.1 Å². The van der Waals surface area contributed by atoms with Gasteiger partial charge in [-0.2, -0.15) is 0 Å². The predicted molar refractivity (Wildman–Crippen MR) is 105 cm³/mol. The molecule has 0 aliphatic carbocycles. The fourth-order valence-corrected chi connectivity index (χ4v) is 0.833. The summed E-state index contributed by atoms with van der Waals surface area (Å²) in [4.78, 5) is 13.7. The maximum atomic E-state index is 9.70. The van der Waals surface area contributed by atoms with Crippen molar-refractivity contribution in [1.29, 1.82) is 0 Å². The Kier molecular flexibility index (Phi) is 36.0. The highest BCUT2D eigenvalue weighted by Gasteiger charge is 1.73. The lowest BCUT2D eigenvalue weighted by atomic mass is 10.4. The fourth-order valence-electron chi connectivity index (χ4n) is 0.833. The topological polar surface area (TPSA) is 51.2 Å². The standard InChI is InChI=1S/C6H7N.C6H6.C3H7NO.C2H6O.C2H6.B/c1-6-4-2-3-5-7-6;1-2-4-6-5-3-1;1-3(5)4-2;1-3-2;1-2;/h2-5H,1H3;1-6H;1-2H3,(H,4,5);1-2H3;1-2H3;. The van der Waals surface area contributed by atoms with Gasteiger partial charge in [-0.05, 0) is 19.1 Å². The van der Waals surface area contributed by atoms with Crippen LogP contribution in [0.2, 0.25) is 0 Å². The number of ether oxygens (including phenoxy) is 1. The molecule has 24 heavy (non-hydrogen) atoms. The van der Waals surface area contributed by atoms with E-state index in [1.165, 1.54) is 6.92 Å². The van der Waals surface area contributed by atoms with Gasteiger partial charge in [-0.25, -0.2) is 0 Å². The molecular formula is C19H32BN2O2. The molecule has 0 aliphatic heterocycles. The van der Waals surface area contributed by atoms with E-state index in [0.29, 0.717) is 0 Å². The van der Waals surface area contributed by atoms with Crippen LogP contribution in [-0.4, -0.2) is 40.6 Å². The summed E-state index contributed by atoms with van der Waals surface area (Å²) in [5.41, 5.74) is 1.07. The number of hydrogen-bond donors (Lipinski definition) is 1. The van der Waals surface area contributed by atoms with Gasteiger partial charge in [0, 0.05) is 48.5 Å². The minimum atomic E-state index is 0. The van der Waals surface area contributed by atoms with Gasteiger partial charge in [0.05, 0.1) is 0 Å². The smallest absolute Gasteiger partial charge is 0.216 e. The Morgan fingerprint density at radius 2 is 1.29 bits per heavy atom. The van der Waals surface area contributed by atoms with Crippen molar-refractivity contribution in [3.05, 3.63) is 66.5 Å². The van der Waals surface area contributed by atoms with Crippen LogP contribution in [0.15, 0.2) is 60.8 Å². The summed E-state index contributed by atoms with van der Waals surface area (Å²) in [6, 6.07) is 17.9. The van der Waals surface area contributed by atoms with Crippen LogP contribution >= 0.6 is 0 Å². The first kappa shape index (κ1) is 29.8. The van der Waals surface area contributed by atoms with Gasteiger partial charge in [-0.15, -0.1) is 0 Å². The first-order valence-corrected chi connectivity index (χ1v) is 7.54. The Balaban J connectivity index is -0.000000110. The Morgan fingerprint density at radius 3 is 1.42 bits per heavy atom. The average Bonchev–Trinajstić information content (AvgIpc) is 2.61. The molecule has 0 aliphatic rings. The molecule has 2 aromatic rings. The van der Waals surface area contributed by atoms with E-state index < -0.39 is 0 Å². The third kappa shape index (κ3) is 36.8. The van der Waals surface area contributed by atoms with E-state index in [1.807, 2.05) is 75.4 Å². The van der Waals surface area contributed by atoms with Crippen molar-refractivity contribution in [2.24, 2.45) is 0 Å². The van der Waals surface area contributed by atoms with Gasteiger partial charge >= 0.3 is 0 Å². The predicted octanol–water partition coefficient (Wildman–Crippen LogP) is 3.74. The Morgan fingerprint density at radius 1 is 0.958 bits per heavy atom. The molecule has 0 atom stereocenters. The molecule has 2 rings (SSSR count). The largest absolute Gasteiger partial charge is 0.388 e. The van der Waals surface area contributed by atoms with Crippen LogP contribution in [0.25, 0.3) is 0 Å². The van der Waals surface area contributed by atoms with Crippen LogP contribution in [0.4, 0.5) is 0 Å². The van der Waals surface area contributed by atoms with Crippen molar-refractivity contribution >= 4 is 14.3 Å². The number of carbonyl (C=O) groups is 1. The summed E-state index contributed by atoms with van der Waals surface area (Å²) < 4.78 is 4.25. The molecule has 1 aromatic carbocycles. The summed E-state index contributed by atoms with van der Waals surface area (Å²) in [5, 5.41) is 2.39. The molecule has 1 heterocycles. The maximum Gasteiger partial charge on any atom is 0.216 e. The lowest BCUT2D eigenvalue weighted by Crippen LogP contribution is -2.11. The van der Waals surface area contributed by atoms with Crippen LogP contribution in [0, 0.1) is 6.92 Å². The number of rotatable bonds is 0. The summed E-state index contributed by atoms with van der Waals surface area (Å²) >= 11 is 0. The minimum absolute atomic E-state index is 0. The number of aromatic nitrogens is 1. The SMILES string of the molecule is CC.CNC(C)=O.COC.Cc1ccccn1.[B].c1ccccc1. The highest BCUT2D eigenvalue weighted by Crippen LogP contribution is 1.86. The summed E-state index contributed by atoms with van der Waals surface area (Å²) in [6.07, 6.45) is 1.79. The number of amides is 1. The van der Waals surface area contributed by atoms with Crippen LogP contribution in [0.3, 0.4) is 0 Å². The molecule has 0 saturated carbocycles. The molecule has 0 saturated heterocycles. The number of carbonyl (C=O) groups excluding carboxylic acids is 1. The second kappa shape index (κ2) is 28.9. The molecule has 4 nitrogen and oxygen atoms in total. The molecule has 133 valence electrons. The minimum Gasteiger partial charge on any atom is -0.388 e. The summed E-state index contributed by atoms with van der Waals surface area (Å²) in [5.74, 6) is 0.00463. The highest BCUT2D eigenvalue weighted by atomic mass is 16.4. The quantitative estimate of drug-likeness (QED) is 0.748.